The van der Waals surface area contributed by atoms with Crippen molar-refractivity contribution in [2.45, 2.75) is 6.42 Å². The monoisotopic (exact) mass is 364 g/mol. The van der Waals surface area contributed by atoms with E-state index in [1.807, 2.05) is 12.1 Å². The van der Waals surface area contributed by atoms with Gasteiger partial charge in [0.05, 0.1) is 21.3 Å². The zero-order chi connectivity index (χ0) is 18.2. The molecule has 6 nitrogen and oxygen atoms in total. The van der Waals surface area contributed by atoms with Crippen molar-refractivity contribution in [2.24, 2.45) is 0 Å². The normalized spacial score (nSPS) is 10.1. The first-order valence-electron chi connectivity index (χ1n) is 7.66. The van der Waals surface area contributed by atoms with Crippen LogP contribution in [0.3, 0.4) is 0 Å². The average Bonchev–Trinajstić information content (AvgIpc) is 2.62. The second kappa shape index (κ2) is 9.03. The van der Waals surface area contributed by atoms with Crippen LogP contribution in [0.15, 0.2) is 36.4 Å². The summed E-state index contributed by atoms with van der Waals surface area (Å²) in [4.78, 5) is 11.9. The van der Waals surface area contributed by atoms with Gasteiger partial charge in [0.15, 0.2) is 11.5 Å². The smallest absolute Gasteiger partial charge is 0.319 e. The predicted octanol–water partition coefficient (Wildman–Crippen LogP) is 3.73. The largest absolute Gasteiger partial charge is 0.493 e. The quantitative estimate of drug-likeness (QED) is 0.785. The van der Waals surface area contributed by atoms with Crippen LogP contribution in [0.5, 0.6) is 17.2 Å². The Labute approximate surface area is 152 Å². The van der Waals surface area contributed by atoms with Crippen LogP contribution in [0.4, 0.5) is 10.5 Å². The maximum Gasteiger partial charge on any atom is 0.319 e. The molecule has 7 heteroatoms. The van der Waals surface area contributed by atoms with Crippen molar-refractivity contribution in [3.05, 3.63) is 47.0 Å². The number of carbonyl (C=O) groups excluding carboxylic acids is 1. The van der Waals surface area contributed by atoms with E-state index in [1.165, 1.54) is 0 Å². The van der Waals surface area contributed by atoms with E-state index < -0.39 is 0 Å². The van der Waals surface area contributed by atoms with Crippen LogP contribution in [-0.4, -0.2) is 33.9 Å². The standard InChI is InChI=1S/C18H21ClN2O4/c1-23-15-10-12(11-16(24-2)17(15)25-3)8-9-20-18(22)21-14-6-4-13(19)5-7-14/h4-7,10-11H,8-9H2,1-3H3,(H2,20,21,22). The molecule has 0 heterocycles. The number of hydrogen-bond donors (Lipinski definition) is 2. The molecule has 0 saturated carbocycles. The number of methoxy groups -OCH3 is 3. The van der Waals surface area contributed by atoms with Gasteiger partial charge in [0.1, 0.15) is 0 Å². The molecule has 0 saturated heterocycles. The minimum atomic E-state index is -0.283. The summed E-state index contributed by atoms with van der Waals surface area (Å²) in [6.07, 6.45) is 0.616. The molecule has 0 spiro atoms. The maximum atomic E-state index is 11.9. The SMILES string of the molecule is COc1cc(CCNC(=O)Nc2ccc(Cl)cc2)cc(OC)c1OC. The molecule has 25 heavy (non-hydrogen) atoms. The molecule has 2 aromatic rings. The topological polar surface area (TPSA) is 68.8 Å². The molecule has 2 N–H and O–H groups in total. The predicted molar refractivity (Wildman–Crippen MR) is 98.3 cm³/mol. The third-order valence-electron chi connectivity index (χ3n) is 3.53. The van der Waals surface area contributed by atoms with Gasteiger partial charge in [0.2, 0.25) is 5.75 Å². The van der Waals surface area contributed by atoms with Crippen LogP contribution in [0.25, 0.3) is 0 Å². The van der Waals surface area contributed by atoms with Crippen molar-refractivity contribution in [1.29, 1.82) is 0 Å². The molecule has 0 aliphatic heterocycles. The number of amides is 2. The Balaban J connectivity index is 1.92. The Morgan fingerprint density at radius 3 is 2.12 bits per heavy atom. The summed E-state index contributed by atoms with van der Waals surface area (Å²) < 4.78 is 15.9. The Morgan fingerprint density at radius 1 is 1.00 bits per heavy atom. The summed E-state index contributed by atoms with van der Waals surface area (Å²) in [5, 5.41) is 6.16. The van der Waals surface area contributed by atoms with Crippen LogP contribution < -0.4 is 24.8 Å². The van der Waals surface area contributed by atoms with Crippen molar-refractivity contribution in [1.82, 2.24) is 5.32 Å². The lowest BCUT2D eigenvalue weighted by Crippen LogP contribution is -2.30. The van der Waals surface area contributed by atoms with E-state index in [-0.39, 0.29) is 6.03 Å². The van der Waals surface area contributed by atoms with Gasteiger partial charge in [-0.1, -0.05) is 11.6 Å². The molecule has 2 rings (SSSR count). The van der Waals surface area contributed by atoms with Crippen LogP contribution in [-0.2, 0) is 6.42 Å². The number of benzene rings is 2. The van der Waals surface area contributed by atoms with Crippen LogP contribution in [0, 0.1) is 0 Å². The van der Waals surface area contributed by atoms with Crippen molar-refractivity contribution in [3.8, 4) is 17.2 Å². The lowest BCUT2D eigenvalue weighted by molar-refractivity contribution is 0.252. The maximum absolute atomic E-state index is 11.9. The summed E-state index contributed by atoms with van der Waals surface area (Å²) in [7, 11) is 4.69. The van der Waals surface area contributed by atoms with Crippen molar-refractivity contribution < 1.29 is 19.0 Å². The molecule has 0 radical (unpaired) electrons. The Hall–Kier alpha value is -2.60. The number of carbonyl (C=O) groups is 1. The number of anilines is 1. The minimum Gasteiger partial charge on any atom is -0.493 e. The first kappa shape index (κ1) is 18.7. The minimum absolute atomic E-state index is 0.283. The van der Waals surface area contributed by atoms with Gasteiger partial charge in [0.25, 0.3) is 0 Å². The van der Waals surface area contributed by atoms with Gasteiger partial charge >= 0.3 is 6.03 Å². The number of nitrogens with one attached hydrogen (secondary N) is 2. The van der Waals surface area contributed by atoms with Gasteiger partial charge in [-0.05, 0) is 48.4 Å². The van der Waals surface area contributed by atoms with E-state index in [0.717, 1.165) is 5.56 Å². The molecule has 0 unspecified atom stereocenters. The van der Waals surface area contributed by atoms with E-state index in [0.29, 0.717) is 40.9 Å². The number of urea groups is 1. The molecular formula is C18H21ClN2O4. The van der Waals surface area contributed by atoms with Crippen LogP contribution >= 0.6 is 11.6 Å². The van der Waals surface area contributed by atoms with Crippen LogP contribution in [0.2, 0.25) is 5.02 Å². The summed E-state index contributed by atoms with van der Waals surface area (Å²) in [6, 6.07) is 10.3. The van der Waals surface area contributed by atoms with Gasteiger partial charge in [0, 0.05) is 17.3 Å². The van der Waals surface area contributed by atoms with Gasteiger partial charge in [-0.15, -0.1) is 0 Å². The van der Waals surface area contributed by atoms with E-state index in [2.05, 4.69) is 10.6 Å². The third-order valence-corrected chi connectivity index (χ3v) is 3.78. The second-order valence-electron chi connectivity index (χ2n) is 5.17. The molecule has 0 bridgehead atoms. The summed E-state index contributed by atoms with van der Waals surface area (Å²) in [5.74, 6) is 1.71. The Morgan fingerprint density at radius 2 is 1.60 bits per heavy atom. The third kappa shape index (κ3) is 5.19. The summed E-state index contributed by atoms with van der Waals surface area (Å²) in [5.41, 5.74) is 1.64. The first-order chi connectivity index (χ1) is 12.1. The summed E-state index contributed by atoms with van der Waals surface area (Å²) >= 11 is 5.81. The second-order valence-corrected chi connectivity index (χ2v) is 5.61. The van der Waals surface area contributed by atoms with Crippen LogP contribution in [0.1, 0.15) is 5.56 Å². The molecule has 2 amide bonds. The van der Waals surface area contributed by atoms with E-state index >= 15 is 0 Å². The lowest BCUT2D eigenvalue weighted by Gasteiger charge is -2.14. The molecule has 0 fully saturated rings. The number of ether oxygens (including phenoxy) is 3. The van der Waals surface area contributed by atoms with Gasteiger partial charge in [-0.3, -0.25) is 0 Å². The number of hydrogen-bond acceptors (Lipinski definition) is 4. The molecule has 0 aliphatic rings. The number of rotatable bonds is 7. The van der Waals surface area contributed by atoms with Gasteiger partial charge < -0.3 is 24.8 Å². The first-order valence-corrected chi connectivity index (χ1v) is 8.04. The van der Waals surface area contributed by atoms with Gasteiger partial charge in [-0.25, -0.2) is 4.79 Å². The highest BCUT2D eigenvalue weighted by atomic mass is 35.5. The molecule has 0 atom stereocenters. The van der Waals surface area contributed by atoms with Crippen molar-refractivity contribution in [3.63, 3.8) is 0 Å². The summed E-state index contributed by atoms with van der Waals surface area (Å²) in [6.45, 7) is 0.456. The molecule has 134 valence electrons. The van der Waals surface area contributed by atoms with Gasteiger partial charge in [-0.2, -0.15) is 0 Å². The molecule has 0 aromatic heterocycles. The fraction of sp³-hybridized carbons (Fsp3) is 0.278. The van der Waals surface area contributed by atoms with E-state index in [4.69, 9.17) is 25.8 Å². The lowest BCUT2D eigenvalue weighted by atomic mass is 10.1. The zero-order valence-corrected chi connectivity index (χ0v) is 15.1. The van der Waals surface area contributed by atoms with Crippen molar-refractivity contribution >= 4 is 23.3 Å². The fourth-order valence-corrected chi connectivity index (χ4v) is 2.43. The Kier molecular flexibility index (Phi) is 6.77. The number of halogens is 1. The average molecular weight is 365 g/mol. The molecular weight excluding hydrogens is 344 g/mol. The molecule has 0 aliphatic carbocycles. The highest BCUT2D eigenvalue weighted by Gasteiger charge is 2.13. The van der Waals surface area contributed by atoms with E-state index in [9.17, 15) is 4.79 Å². The Bertz CT molecular complexity index is 695. The van der Waals surface area contributed by atoms with E-state index in [1.54, 1.807) is 45.6 Å². The fourth-order valence-electron chi connectivity index (χ4n) is 2.31. The molecule has 2 aromatic carbocycles. The van der Waals surface area contributed by atoms with Crippen molar-refractivity contribution in [2.75, 3.05) is 33.2 Å². The highest BCUT2D eigenvalue weighted by molar-refractivity contribution is 6.30. The zero-order valence-electron chi connectivity index (χ0n) is 14.4. The highest BCUT2D eigenvalue weighted by Crippen LogP contribution is 2.38.